The van der Waals surface area contributed by atoms with Crippen molar-refractivity contribution in [2.75, 3.05) is 5.32 Å². The molecule has 1 N–H and O–H groups in total. The molecule has 0 saturated carbocycles. The van der Waals surface area contributed by atoms with Crippen LogP contribution >= 0.6 is 0 Å². The molecule has 1 aromatic carbocycles. The minimum atomic E-state index is 0.336. The highest BCUT2D eigenvalue weighted by molar-refractivity contribution is 5.85. The Bertz CT molecular complexity index is 1540. The standard InChI is InChI=1S/C27H29N9/c1-5-35-13-12-23(33-35)30-27-28-14-20-10-11-22-24(25(20)31-27)26(34(4)32-22)19-8-6-18(7-9-19)21-15-29-36(16-21)17(2)3/h6-9,12-17H,5,10-11H2,1-4H3,(H,28,30,31,33). The Morgan fingerprint density at radius 1 is 0.972 bits per heavy atom. The molecule has 5 aromatic rings. The predicted molar refractivity (Wildman–Crippen MR) is 140 cm³/mol. The minimum Gasteiger partial charge on any atom is -0.307 e. The van der Waals surface area contributed by atoms with Crippen molar-refractivity contribution in [1.29, 1.82) is 0 Å². The first-order valence-electron chi connectivity index (χ1n) is 12.4. The molecule has 1 aliphatic rings. The molecule has 0 saturated heterocycles. The van der Waals surface area contributed by atoms with Gasteiger partial charge in [-0.05, 0) is 44.7 Å². The van der Waals surface area contributed by atoms with Gasteiger partial charge in [0.05, 0.1) is 23.3 Å². The number of benzene rings is 1. The lowest BCUT2D eigenvalue weighted by molar-refractivity contribution is 0.532. The highest BCUT2D eigenvalue weighted by Gasteiger charge is 2.27. The summed E-state index contributed by atoms with van der Waals surface area (Å²) in [5.74, 6) is 1.27. The first kappa shape index (κ1) is 22.2. The van der Waals surface area contributed by atoms with E-state index in [1.54, 1.807) is 0 Å². The van der Waals surface area contributed by atoms with Crippen LogP contribution in [0.15, 0.2) is 55.1 Å². The van der Waals surface area contributed by atoms with Crippen molar-refractivity contribution >= 4 is 11.8 Å². The van der Waals surface area contributed by atoms with Crippen LogP contribution in [-0.2, 0) is 26.4 Å². The zero-order valence-electron chi connectivity index (χ0n) is 21.0. The predicted octanol–water partition coefficient (Wildman–Crippen LogP) is 5.05. The van der Waals surface area contributed by atoms with E-state index in [0.29, 0.717) is 12.0 Å². The molecule has 0 spiro atoms. The van der Waals surface area contributed by atoms with E-state index < -0.39 is 0 Å². The highest BCUT2D eigenvalue weighted by Crippen LogP contribution is 2.40. The molecule has 0 fully saturated rings. The molecule has 6 rings (SSSR count). The summed E-state index contributed by atoms with van der Waals surface area (Å²) in [6.07, 6.45) is 9.64. The number of hydrogen-bond donors (Lipinski definition) is 1. The molecule has 0 amide bonds. The van der Waals surface area contributed by atoms with Gasteiger partial charge in [-0.25, -0.2) is 9.97 Å². The number of anilines is 2. The van der Waals surface area contributed by atoms with Crippen LogP contribution in [0.2, 0.25) is 0 Å². The second-order valence-corrected chi connectivity index (χ2v) is 9.42. The molecular weight excluding hydrogens is 450 g/mol. The maximum absolute atomic E-state index is 4.93. The van der Waals surface area contributed by atoms with Crippen molar-refractivity contribution in [3.8, 4) is 33.6 Å². The molecule has 36 heavy (non-hydrogen) atoms. The second kappa shape index (κ2) is 8.75. The number of hydrogen-bond acceptors (Lipinski definition) is 6. The van der Waals surface area contributed by atoms with E-state index in [1.165, 1.54) is 0 Å². The van der Waals surface area contributed by atoms with Gasteiger partial charge in [0, 0.05) is 61.0 Å². The second-order valence-electron chi connectivity index (χ2n) is 9.42. The Morgan fingerprint density at radius 2 is 1.78 bits per heavy atom. The van der Waals surface area contributed by atoms with Gasteiger partial charge in [-0.3, -0.25) is 14.0 Å². The maximum atomic E-state index is 4.93. The van der Waals surface area contributed by atoms with Crippen molar-refractivity contribution in [3.05, 3.63) is 66.4 Å². The van der Waals surface area contributed by atoms with Crippen LogP contribution in [0.3, 0.4) is 0 Å². The van der Waals surface area contributed by atoms with Crippen molar-refractivity contribution in [2.24, 2.45) is 7.05 Å². The third-order valence-corrected chi connectivity index (χ3v) is 6.68. The zero-order chi connectivity index (χ0) is 24.8. The van der Waals surface area contributed by atoms with E-state index >= 15 is 0 Å². The SMILES string of the molecule is CCn1ccc(Nc2ncc3c(n2)-c2c(nn(C)c2-c2ccc(-c4cnn(C(C)C)c4)cc2)CC3)n1. The summed E-state index contributed by atoms with van der Waals surface area (Å²) >= 11 is 0. The Kier molecular flexibility index (Phi) is 5.40. The largest absolute Gasteiger partial charge is 0.307 e. The summed E-state index contributed by atoms with van der Waals surface area (Å²) in [6, 6.07) is 10.9. The van der Waals surface area contributed by atoms with E-state index in [9.17, 15) is 0 Å². The summed E-state index contributed by atoms with van der Waals surface area (Å²) in [7, 11) is 2.01. The van der Waals surface area contributed by atoms with Crippen LogP contribution < -0.4 is 5.32 Å². The average molecular weight is 480 g/mol. The van der Waals surface area contributed by atoms with Gasteiger partial charge >= 0.3 is 0 Å². The third kappa shape index (κ3) is 3.86. The number of aromatic nitrogens is 8. The maximum Gasteiger partial charge on any atom is 0.228 e. The first-order valence-corrected chi connectivity index (χ1v) is 12.4. The molecule has 0 bridgehead atoms. The fraction of sp³-hybridized carbons (Fsp3) is 0.296. The lowest BCUT2D eigenvalue weighted by Gasteiger charge is -2.17. The van der Waals surface area contributed by atoms with Crippen LogP contribution in [-0.4, -0.2) is 39.3 Å². The normalized spacial score (nSPS) is 12.6. The number of rotatable bonds is 6. The molecule has 0 atom stereocenters. The molecule has 0 aliphatic heterocycles. The molecule has 182 valence electrons. The fourth-order valence-corrected chi connectivity index (χ4v) is 4.76. The van der Waals surface area contributed by atoms with E-state index in [0.717, 1.165) is 70.1 Å². The molecule has 9 heteroatoms. The third-order valence-electron chi connectivity index (χ3n) is 6.68. The Balaban J connectivity index is 1.36. The Labute approximate surface area is 209 Å². The average Bonchev–Trinajstić information content (AvgIpc) is 3.62. The molecular formula is C27H29N9. The lowest BCUT2D eigenvalue weighted by atomic mass is 9.91. The smallest absolute Gasteiger partial charge is 0.228 e. The minimum absolute atomic E-state index is 0.336. The van der Waals surface area contributed by atoms with Crippen LogP contribution in [0.25, 0.3) is 33.6 Å². The van der Waals surface area contributed by atoms with Gasteiger partial charge < -0.3 is 5.32 Å². The van der Waals surface area contributed by atoms with Gasteiger partial charge in [0.2, 0.25) is 5.95 Å². The lowest BCUT2D eigenvalue weighted by Crippen LogP contribution is -2.08. The van der Waals surface area contributed by atoms with Gasteiger partial charge in [0.15, 0.2) is 5.82 Å². The zero-order valence-corrected chi connectivity index (χ0v) is 21.0. The molecule has 0 radical (unpaired) electrons. The van der Waals surface area contributed by atoms with Gasteiger partial charge in [0.25, 0.3) is 0 Å². The molecule has 4 heterocycles. The summed E-state index contributed by atoms with van der Waals surface area (Å²) in [5, 5.41) is 17.1. The van der Waals surface area contributed by atoms with Gasteiger partial charge in [-0.1, -0.05) is 24.3 Å². The monoisotopic (exact) mass is 479 g/mol. The van der Waals surface area contributed by atoms with Crippen molar-refractivity contribution in [2.45, 2.75) is 46.2 Å². The highest BCUT2D eigenvalue weighted by atomic mass is 15.3. The van der Waals surface area contributed by atoms with Crippen molar-refractivity contribution in [1.82, 2.24) is 39.3 Å². The van der Waals surface area contributed by atoms with Crippen LogP contribution in [0, 0.1) is 0 Å². The van der Waals surface area contributed by atoms with Gasteiger partial charge in [0.1, 0.15) is 0 Å². The topological polar surface area (TPSA) is 91.3 Å². The summed E-state index contributed by atoms with van der Waals surface area (Å²) in [4.78, 5) is 9.49. The van der Waals surface area contributed by atoms with E-state index in [2.05, 4.69) is 71.7 Å². The summed E-state index contributed by atoms with van der Waals surface area (Å²) in [5.41, 5.74) is 8.66. The van der Waals surface area contributed by atoms with Gasteiger partial charge in [-0.15, -0.1) is 0 Å². The quantitative estimate of drug-likeness (QED) is 0.367. The summed E-state index contributed by atoms with van der Waals surface area (Å²) < 4.78 is 5.83. The summed E-state index contributed by atoms with van der Waals surface area (Å²) in [6.45, 7) is 7.13. The molecule has 9 nitrogen and oxygen atoms in total. The Morgan fingerprint density at radius 3 is 2.50 bits per heavy atom. The Hall–Kier alpha value is -4.27. The van der Waals surface area contributed by atoms with Crippen LogP contribution in [0.4, 0.5) is 11.8 Å². The van der Waals surface area contributed by atoms with Crippen molar-refractivity contribution < 1.29 is 0 Å². The number of aryl methyl sites for hydroxylation is 4. The van der Waals surface area contributed by atoms with E-state index in [1.807, 2.05) is 45.7 Å². The van der Waals surface area contributed by atoms with E-state index in [-0.39, 0.29) is 0 Å². The van der Waals surface area contributed by atoms with E-state index in [4.69, 9.17) is 10.1 Å². The number of nitrogens with one attached hydrogen (secondary N) is 1. The molecule has 4 aromatic heterocycles. The molecule has 0 unspecified atom stereocenters. The molecule has 1 aliphatic carbocycles. The van der Waals surface area contributed by atoms with Crippen LogP contribution in [0.1, 0.15) is 38.1 Å². The van der Waals surface area contributed by atoms with Crippen molar-refractivity contribution in [3.63, 3.8) is 0 Å². The van der Waals surface area contributed by atoms with Crippen LogP contribution in [0.5, 0.6) is 0 Å². The van der Waals surface area contributed by atoms with Gasteiger partial charge in [-0.2, -0.15) is 15.3 Å². The number of nitrogens with zero attached hydrogens (tertiary/aromatic N) is 8. The fourth-order valence-electron chi connectivity index (χ4n) is 4.76. The number of fused-ring (bicyclic) bond motifs is 3. The first-order chi connectivity index (χ1) is 17.5.